The van der Waals surface area contributed by atoms with Gasteiger partial charge in [-0.25, -0.2) is 0 Å². The maximum atomic E-state index is 12.3. The predicted octanol–water partition coefficient (Wildman–Crippen LogP) is -1.07. The molecule has 1 rings (SSSR count). The Balaban J connectivity index is 2.64. The van der Waals surface area contributed by atoms with Gasteiger partial charge in [-0.05, 0) is 12.8 Å². The van der Waals surface area contributed by atoms with Gasteiger partial charge in [0.05, 0.1) is 19.3 Å². The van der Waals surface area contributed by atoms with E-state index in [2.05, 4.69) is 5.32 Å². The number of aliphatic carboxylic acids is 1. The Morgan fingerprint density at radius 2 is 2.19 bits per heavy atom. The molecule has 0 aliphatic carbocycles. The van der Waals surface area contributed by atoms with Gasteiger partial charge in [-0.3, -0.25) is 14.4 Å². The highest BCUT2D eigenvalue weighted by Gasteiger charge is 2.34. The number of carbonyl (C=O) groups is 3. The second-order valence-corrected chi connectivity index (χ2v) is 4.95. The van der Waals surface area contributed by atoms with Crippen LogP contribution < -0.4 is 11.1 Å². The molecule has 0 aromatic carbocycles. The van der Waals surface area contributed by atoms with Gasteiger partial charge in [0.15, 0.2) is 0 Å². The monoisotopic (exact) mass is 301 g/mol. The molecule has 1 saturated heterocycles. The van der Waals surface area contributed by atoms with Gasteiger partial charge >= 0.3 is 5.97 Å². The summed E-state index contributed by atoms with van der Waals surface area (Å²) in [6, 6.07) is -1.62. The van der Waals surface area contributed by atoms with Crippen LogP contribution in [-0.2, 0) is 19.1 Å². The van der Waals surface area contributed by atoms with E-state index in [1.807, 2.05) is 6.92 Å². The van der Waals surface area contributed by atoms with E-state index < -0.39 is 24.0 Å². The minimum atomic E-state index is -1.00. The van der Waals surface area contributed by atoms with E-state index in [0.717, 1.165) is 6.42 Å². The third kappa shape index (κ3) is 5.31. The largest absolute Gasteiger partial charge is 0.481 e. The van der Waals surface area contributed by atoms with Gasteiger partial charge in [-0.2, -0.15) is 0 Å². The van der Waals surface area contributed by atoms with Gasteiger partial charge in [-0.15, -0.1) is 0 Å². The van der Waals surface area contributed by atoms with E-state index in [9.17, 15) is 14.4 Å². The molecule has 1 aliphatic heterocycles. The number of nitrogens with two attached hydrogens (primary N) is 1. The quantitative estimate of drug-likeness (QED) is 0.550. The first-order chi connectivity index (χ1) is 9.97. The van der Waals surface area contributed by atoms with Gasteiger partial charge in [-0.1, -0.05) is 6.92 Å². The van der Waals surface area contributed by atoms with E-state index in [4.69, 9.17) is 15.6 Å². The second kappa shape index (κ2) is 8.58. The third-order valence-electron chi connectivity index (χ3n) is 3.25. The summed E-state index contributed by atoms with van der Waals surface area (Å²) >= 11 is 0. The van der Waals surface area contributed by atoms with Crippen molar-refractivity contribution in [2.45, 2.75) is 38.3 Å². The molecule has 8 nitrogen and oxygen atoms in total. The maximum Gasteiger partial charge on any atom is 0.303 e. The van der Waals surface area contributed by atoms with E-state index >= 15 is 0 Å². The Morgan fingerprint density at radius 1 is 1.48 bits per heavy atom. The smallest absolute Gasteiger partial charge is 0.303 e. The minimum Gasteiger partial charge on any atom is -0.481 e. The highest BCUT2D eigenvalue weighted by molar-refractivity contribution is 5.90. The Labute approximate surface area is 123 Å². The fourth-order valence-electron chi connectivity index (χ4n) is 2.07. The molecule has 8 heteroatoms. The highest BCUT2D eigenvalue weighted by atomic mass is 16.5. The summed E-state index contributed by atoms with van der Waals surface area (Å²) in [5.41, 5.74) is 5.73. The molecule has 1 fully saturated rings. The van der Waals surface area contributed by atoms with Crippen LogP contribution >= 0.6 is 0 Å². The van der Waals surface area contributed by atoms with Crippen LogP contribution in [0.3, 0.4) is 0 Å². The molecule has 1 heterocycles. The van der Waals surface area contributed by atoms with E-state index in [1.165, 1.54) is 4.90 Å². The SMILES string of the molecule is CCCNC(=O)C1COCCN1C(=O)C(N)CCC(=O)O. The molecule has 1 aliphatic rings. The number of hydrogen-bond acceptors (Lipinski definition) is 5. The molecule has 120 valence electrons. The predicted molar refractivity (Wildman–Crippen MR) is 74.5 cm³/mol. The molecule has 0 bridgehead atoms. The Morgan fingerprint density at radius 3 is 2.81 bits per heavy atom. The molecule has 0 saturated carbocycles. The second-order valence-electron chi connectivity index (χ2n) is 4.95. The lowest BCUT2D eigenvalue weighted by Gasteiger charge is -2.36. The van der Waals surface area contributed by atoms with Crippen LogP contribution in [-0.4, -0.2) is 66.2 Å². The molecule has 2 atom stereocenters. The van der Waals surface area contributed by atoms with Crippen molar-refractivity contribution in [2.75, 3.05) is 26.3 Å². The van der Waals surface area contributed by atoms with Crippen LogP contribution in [0.2, 0.25) is 0 Å². The normalized spacial score (nSPS) is 19.9. The number of carboxylic acid groups (broad SMARTS) is 1. The van der Waals surface area contributed by atoms with Crippen molar-refractivity contribution < 1.29 is 24.2 Å². The van der Waals surface area contributed by atoms with Crippen LogP contribution in [0.5, 0.6) is 0 Å². The van der Waals surface area contributed by atoms with Crippen LogP contribution in [0.15, 0.2) is 0 Å². The van der Waals surface area contributed by atoms with Crippen molar-refractivity contribution in [3.8, 4) is 0 Å². The van der Waals surface area contributed by atoms with E-state index in [0.29, 0.717) is 13.2 Å². The van der Waals surface area contributed by atoms with E-state index in [-0.39, 0.29) is 31.9 Å². The molecular formula is C13H23N3O5. The van der Waals surface area contributed by atoms with E-state index in [1.54, 1.807) is 0 Å². The molecule has 2 unspecified atom stereocenters. The fraction of sp³-hybridized carbons (Fsp3) is 0.769. The number of rotatable bonds is 7. The van der Waals surface area contributed by atoms with Crippen molar-refractivity contribution in [3.63, 3.8) is 0 Å². The van der Waals surface area contributed by atoms with Gasteiger partial charge in [0.2, 0.25) is 11.8 Å². The zero-order chi connectivity index (χ0) is 15.8. The lowest BCUT2D eigenvalue weighted by Crippen LogP contribution is -2.59. The third-order valence-corrected chi connectivity index (χ3v) is 3.25. The van der Waals surface area contributed by atoms with Gasteiger partial charge < -0.3 is 25.8 Å². The fourth-order valence-corrected chi connectivity index (χ4v) is 2.07. The van der Waals surface area contributed by atoms with Crippen LogP contribution in [0.25, 0.3) is 0 Å². The maximum absolute atomic E-state index is 12.3. The lowest BCUT2D eigenvalue weighted by molar-refractivity contribution is -0.149. The minimum absolute atomic E-state index is 0.0504. The molecule has 0 spiro atoms. The Bertz CT molecular complexity index is 388. The van der Waals surface area contributed by atoms with Gasteiger partial charge in [0.25, 0.3) is 0 Å². The van der Waals surface area contributed by atoms with Gasteiger partial charge in [0.1, 0.15) is 6.04 Å². The summed E-state index contributed by atoms with van der Waals surface area (Å²) in [7, 11) is 0. The first-order valence-electron chi connectivity index (χ1n) is 7.10. The number of carbonyl (C=O) groups excluding carboxylic acids is 2. The Hall–Kier alpha value is -1.67. The molecule has 0 radical (unpaired) electrons. The molecule has 0 aromatic heterocycles. The zero-order valence-corrected chi connectivity index (χ0v) is 12.2. The zero-order valence-electron chi connectivity index (χ0n) is 12.2. The number of nitrogens with one attached hydrogen (secondary N) is 1. The average Bonchev–Trinajstić information content (AvgIpc) is 2.49. The first-order valence-corrected chi connectivity index (χ1v) is 7.10. The number of morpholine rings is 1. The molecule has 21 heavy (non-hydrogen) atoms. The standard InChI is InChI=1S/C13H23N3O5/c1-2-5-15-12(19)10-8-21-7-6-16(10)13(20)9(14)3-4-11(17)18/h9-10H,2-8,14H2,1H3,(H,15,19)(H,17,18). The van der Waals surface area contributed by atoms with Crippen molar-refractivity contribution in [1.29, 1.82) is 0 Å². The summed E-state index contributed by atoms with van der Waals surface area (Å²) in [5, 5.41) is 11.4. The molecule has 0 aromatic rings. The number of nitrogens with zero attached hydrogens (tertiary/aromatic N) is 1. The average molecular weight is 301 g/mol. The molecule has 2 amide bonds. The van der Waals surface area contributed by atoms with Crippen molar-refractivity contribution in [1.82, 2.24) is 10.2 Å². The van der Waals surface area contributed by atoms with Gasteiger partial charge in [0, 0.05) is 19.5 Å². The van der Waals surface area contributed by atoms with Crippen LogP contribution in [0.4, 0.5) is 0 Å². The summed E-state index contributed by atoms with van der Waals surface area (Å²) in [6.45, 7) is 3.22. The molecular weight excluding hydrogens is 278 g/mol. The number of ether oxygens (including phenoxy) is 1. The summed E-state index contributed by atoms with van der Waals surface area (Å²) in [6.07, 6.45) is 0.671. The van der Waals surface area contributed by atoms with Crippen LogP contribution in [0.1, 0.15) is 26.2 Å². The summed E-state index contributed by atoms with van der Waals surface area (Å²) < 4.78 is 5.25. The summed E-state index contributed by atoms with van der Waals surface area (Å²) in [5.74, 6) is -1.68. The number of carboxylic acids is 1. The number of amides is 2. The van der Waals surface area contributed by atoms with Crippen molar-refractivity contribution in [2.24, 2.45) is 5.73 Å². The van der Waals surface area contributed by atoms with Crippen molar-refractivity contribution >= 4 is 17.8 Å². The Kier molecular flexibility index (Phi) is 7.10. The molecule has 4 N–H and O–H groups in total. The lowest BCUT2D eigenvalue weighted by atomic mass is 10.1. The topological polar surface area (TPSA) is 122 Å². The first kappa shape index (κ1) is 17.4. The van der Waals surface area contributed by atoms with Crippen LogP contribution in [0, 0.1) is 0 Å². The van der Waals surface area contributed by atoms with Crippen molar-refractivity contribution in [3.05, 3.63) is 0 Å². The number of hydrogen-bond donors (Lipinski definition) is 3. The summed E-state index contributed by atoms with van der Waals surface area (Å²) in [4.78, 5) is 36.2. The highest BCUT2D eigenvalue weighted by Crippen LogP contribution is 2.11.